The van der Waals surface area contributed by atoms with Gasteiger partial charge in [0.1, 0.15) is 11.8 Å². The summed E-state index contributed by atoms with van der Waals surface area (Å²) in [6, 6.07) is 9.65. The van der Waals surface area contributed by atoms with Gasteiger partial charge in [-0.2, -0.15) is 0 Å². The fraction of sp³-hybridized carbons (Fsp3) is 0.235. The summed E-state index contributed by atoms with van der Waals surface area (Å²) >= 11 is 0. The maximum absolute atomic E-state index is 12.6. The van der Waals surface area contributed by atoms with Crippen molar-refractivity contribution in [2.75, 3.05) is 11.4 Å². The number of fused-ring (bicyclic) bond motifs is 2. The van der Waals surface area contributed by atoms with E-state index in [1.54, 1.807) is 18.5 Å². The van der Waals surface area contributed by atoms with Crippen LogP contribution in [0.1, 0.15) is 15.9 Å². The number of hydrogen-bond acceptors (Lipinski definition) is 5. The number of aryl methyl sites for hydroxylation is 1. The topological polar surface area (TPSA) is 65.8 Å². The molecule has 2 atom stereocenters. The normalized spacial score (nSPS) is 23.1. The molecule has 2 aliphatic heterocycles. The number of anilines is 1. The maximum atomic E-state index is 12.6. The van der Waals surface area contributed by atoms with E-state index in [1.165, 1.54) is 0 Å². The van der Waals surface area contributed by atoms with Crippen LogP contribution in [0.5, 0.6) is 0 Å². The highest BCUT2D eigenvalue weighted by Gasteiger charge is 2.45. The second-order valence-corrected chi connectivity index (χ2v) is 5.72. The minimum absolute atomic E-state index is 0.0792. The number of aliphatic hydroxyl groups excluding tert-OH is 1. The van der Waals surface area contributed by atoms with E-state index >= 15 is 0 Å². The average molecular weight is 293 g/mol. The Labute approximate surface area is 127 Å². The molecule has 2 aliphatic rings. The van der Waals surface area contributed by atoms with Gasteiger partial charge in [0.15, 0.2) is 5.78 Å². The third-order valence-corrected chi connectivity index (χ3v) is 4.24. The average Bonchev–Trinajstić information content (AvgIpc) is 2.85. The van der Waals surface area contributed by atoms with Gasteiger partial charge in [-0.3, -0.25) is 9.78 Å². The largest absolute Gasteiger partial charge is 0.390 e. The maximum Gasteiger partial charge on any atom is 0.178 e. The summed E-state index contributed by atoms with van der Waals surface area (Å²) in [4.78, 5) is 23.2. The van der Waals surface area contributed by atoms with Gasteiger partial charge >= 0.3 is 0 Å². The lowest BCUT2D eigenvalue weighted by atomic mass is 9.91. The van der Waals surface area contributed by atoms with E-state index in [4.69, 9.17) is 0 Å². The summed E-state index contributed by atoms with van der Waals surface area (Å²) < 4.78 is 0. The van der Waals surface area contributed by atoms with Crippen molar-refractivity contribution < 1.29 is 9.90 Å². The van der Waals surface area contributed by atoms with Crippen molar-refractivity contribution >= 4 is 23.0 Å². The Balaban J connectivity index is 1.83. The first-order chi connectivity index (χ1) is 10.6. The SMILES string of the molecule is Cc1ccc(N2C[C@@H](O)C3C(=O)c4ccncc4N=C32)cc1. The molecule has 0 radical (unpaired) electrons. The van der Waals surface area contributed by atoms with E-state index in [0.717, 1.165) is 11.3 Å². The highest BCUT2D eigenvalue weighted by Crippen LogP contribution is 2.36. The van der Waals surface area contributed by atoms with Crippen molar-refractivity contribution in [2.45, 2.75) is 13.0 Å². The molecular formula is C17H15N3O2. The molecule has 3 heterocycles. The number of rotatable bonds is 1. The van der Waals surface area contributed by atoms with Gasteiger partial charge in [-0.1, -0.05) is 17.7 Å². The van der Waals surface area contributed by atoms with Crippen LogP contribution >= 0.6 is 0 Å². The molecule has 110 valence electrons. The van der Waals surface area contributed by atoms with Crippen LogP contribution in [-0.2, 0) is 0 Å². The van der Waals surface area contributed by atoms with E-state index in [-0.39, 0.29) is 5.78 Å². The molecular weight excluding hydrogens is 278 g/mol. The highest BCUT2D eigenvalue weighted by atomic mass is 16.3. The van der Waals surface area contributed by atoms with Gasteiger partial charge in [-0.25, -0.2) is 4.99 Å². The lowest BCUT2D eigenvalue weighted by Gasteiger charge is -2.24. The van der Waals surface area contributed by atoms with Crippen LogP contribution in [0.25, 0.3) is 0 Å². The molecule has 0 spiro atoms. The number of aromatic nitrogens is 1. The number of β-amino-alcohol motifs (C(OH)–C–C–N with tert-alkyl or cyclic N) is 1. The summed E-state index contributed by atoms with van der Waals surface area (Å²) in [5.74, 6) is -0.0532. The predicted octanol–water partition coefficient (Wildman–Crippen LogP) is 2.11. The lowest BCUT2D eigenvalue weighted by Crippen LogP contribution is -2.34. The molecule has 1 saturated heterocycles. The van der Waals surface area contributed by atoms with Crippen molar-refractivity contribution in [1.82, 2.24) is 4.98 Å². The Morgan fingerprint density at radius 1 is 1.23 bits per heavy atom. The molecule has 0 bridgehead atoms. The van der Waals surface area contributed by atoms with Gasteiger partial charge in [-0.15, -0.1) is 0 Å². The molecule has 5 nitrogen and oxygen atoms in total. The molecule has 5 heteroatoms. The molecule has 1 unspecified atom stereocenters. The molecule has 2 aromatic rings. The molecule has 0 aliphatic carbocycles. The van der Waals surface area contributed by atoms with Crippen LogP contribution in [0.3, 0.4) is 0 Å². The van der Waals surface area contributed by atoms with E-state index in [1.807, 2.05) is 36.1 Å². The molecule has 0 saturated carbocycles. The van der Waals surface area contributed by atoms with E-state index in [9.17, 15) is 9.90 Å². The zero-order valence-corrected chi connectivity index (χ0v) is 12.1. The zero-order valence-electron chi connectivity index (χ0n) is 12.1. The first kappa shape index (κ1) is 13.2. The molecule has 0 amide bonds. The second-order valence-electron chi connectivity index (χ2n) is 5.72. The number of amidine groups is 1. The molecule has 1 N–H and O–H groups in total. The molecule has 1 aromatic carbocycles. The number of Topliss-reactive ketones (excluding diaryl/α,β-unsaturated/α-hetero) is 1. The van der Waals surface area contributed by atoms with Gasteiger partial charge in [0.25, 0.3) is 0 Å². The summed E-state index contributed by atoms with van der Waals surface area (Å²) in [6.07, 6.45) is 2.43. The second kappa shape index (κ2) is 4.74. The number of pyridine rings is 1. The number of benzene rings is 1. The van der Waals surface area contributed by atoms with Crippen molar-refractivity contribution in [3.63, 3.8) is 0 Å². The Hall–Kier alpha value is -2.53. The summed E-state index contributed by atoms with van der Waals surface area (Å²) in [5.41, 5.74) is 3.21. The smallest absolute Gasteiger partial charge is 0.178 e. The quantitative estimate of drug-likeness (QED) is 0.874. The number of ketones is 1. The third kappa shape index (κ3) is 1.86. The number of aliphatic hydroxyl groups is 1. The fourth-order valence-electron chi connectivity index (χ4n) is 3.08. The minimum atomic E-state index is -0.742. The first-order valence-electron chi connectivity index (χ1n) is 7.24. The first-order valence-corrected chi connectivity index (χ1v) is 7.24. The monoisotopic (exact) mass is 293 g/mol. The number of carbonyl (C=O) groups is 1. The van der Waals surface area contributed by atoms with Crippen LogP contribution in [0, 0.1) is 12.8 Å². The van der Waals surface area contributed by atoms with Crippen molar-refractivity contribution in [3.05, 3.63) is 53.9 Å². The fourth-order valence-corrected chi connectivity index (χ4v) is 3.08. The summed E-state index contributed by atoms with van der Waals surface area (Å²) in [5, 5.41) is 10.3. The van der Waals surface area contributed by atoms with E-state index in [2.05, 4.69) is 9.98 Å². The number of nitrogens with zero attached hydrogens (tertiary/aromatic N) is 3. The Kier molecular flexibility index (Phi) is 2.84. The van der Waals surface area contributed by atoms with Gasteiger partial charge in [0, 0.05) is 17.4 Å². The summed E-state index contributed by atoms with van der Waals surface area (Å²) in [6.45, 7) is 2.40. The van der Waals surface area contributed by atoms with Gasteiger partial charge in [-0.05, 0) is 25.1 Å². The van der Waals surface area contributed by atoms with Crippen LogP contribution in [0.2, 0.25) is 0 Å². The minimum Gasteiger partial charge on any atom is -0.390 e. The molecule has 1 fully saturated rings. The van der Waals surface area contributed by atoms with Gasteiger partial charge in [0.2, 0.25) is 0 Å². The van der Waals surface area contributed by atoms with Gasteiger partial charge in [0.05, 0.1) is 24.5 Å². The van der Waals surface area contributed by atoms with Crippen molar-refractivity contribution in [1.29, 1.82) is 0 Å². The Morgan fingerprint density at radius 3 is 2.77 bits per heavy atom. The third-order valence-electron chi connectivity index (χ3n) is 4.24. The Bertz CT molecular complexity index is 783. The van der Waals surface area contributed by atoms with Crippen LogP contribution in [0.15, 0.2) is 47.7 Å². The molecule has 1 aromatic heterocycles. The predicted molar refractivity (Wildman–Crippen MR) is 83.7 cm³/mol. The van der Waals surface area contributed by atoms with Crippen molar-refractivity contribution in [3.8, 4) is 0 Å². The number of carbonyl (C=O) groups excluding carboxylic acids is 1. The van der Waals surface area contributed by atoms with Crippen LogP contribution < -0.4 is 4.90 Å². The van der Waals surface area contributed by atoms with Crippen LogP contribution in [0.4, 0.5) is 11.4 Å². The highest BCUT2D eigenvalue weighted by molar-refractivity contribution is 6.23. The molecule has 4 rings (SSSR count). The summed E-state index contributed by atoms with van der Waals surface area (Å²) in [7, 11) is 0. The zero-order chi connectivity index (χ0) is 15.3. The lowest BCUT2D eigenvalue weighted by molar-refractivity contribution is 0.0838. The van der Waals surface area contributed by atoms with Crippen molar-refractivity contribution in [2.24, 2.45) is 10.9 Å². The van der Waals surface area contributed by atoms with E-state index < -0.39 is 12.0 Å². The number of aliphatic imine (C=N–C) groups is 1. The van der Waals surface area contributed by atoms with Gasteiger partial charge < -0.3 is 10.0 Å². The standard InChI is InChI=1S/C17H15N3O2/c1-10-2-4-11(5-3-10)20-9-14(21)15-16(22)12-6-7-18-8-13(12)19-17(15)20/h2-8,14-15,21H,9H2,1H3/t14-,15?/m1/s1. The van der Waals surface area contributed by atoms with Crippen LogP contribution in [-0.4, -0.2) is 34.4 Å². The number of hydrogen-bond donors (Lipinski definition) is 1. The Morgan fingerprint density at radius 2 is 2.00 bits per heavy atom. The van der Waals surface area contributed by atoms with E-state index in [0.29, 0.717) is 23.6 Å². The molecule has 22 heavy (non-hydrogen) atoms.